The van der Waals surface area contributed by atoms with Gasteiger partial charge in [0.25, 0.3) is 0 Å². The number of benzene rings is 4. The molecule has 0 saturated carbocycles. The monoisotopic (exact) mass is 645 g/mol. The molecule has 0 saturated heterocycles. The highest BCUT2D eigenvalue weighted by Gasteiger charge is 2.38. The fourth-order valence-electron chi connectivity index (χ4n) is 5.66. The molecule has 0 bridgehead atoms. The SMILES string of the molecule is CC(C)(C)N(CCNc1ccc(-c2ccc(OC[C@@H](O)COC(c3ccccc3)(c3ccccc3)c3ccccc3)cc2)cn1)C(=O)O. The number of carbonyl (C=O) groups is 1. The molecule has 0 aliphatic rings. The molecule has 8 nitrogen and oxygen atoms in total. The third-order valence-electron chi connectivity index (χ3n) is 8.11. The third-order valence-corrected chi connectivity index (χ3v) is 8.11. The Bertz CT molecular complexity index is 1610. The van der Waals surface area contributed by atoms with Crippen molar-refractivity contribution in [3.05, 3.63) is 150 Å². The second-order valence-corrected chi connectivity index (χ2v) is 12.5. The fourth-order valence-corrected chi connectivity index (χ4v) is 5.66. The lowest BCUT2D eigenvalue weighted by molar-refractivity contribution is -0.0493. The highest BCUT2D eigenvalue weighted by atomic mass is 16.5. The quantitative estimate of drug-likeness (QED) is 0.106. The van der Waals surface area contributed by atoms with E-state index in [0.717, 1.165) is 27.8 Å². The van der Waals surface area contributed by atoms with Crippen LogP contribution in [-0.4, -0.2) is 64.1 Å². The van der Waals surface area contributed by atoms with Crippen molar-refractivity contribution in [2.24, 2.45) is 0 Å². The average Bonchev–Trinajstić information content (AvgIpc) is 3.11. The van der Waals surface area contributed by atoms with E-state index in [1.807, 2.05) is 148 Å². The van der Waals surface area contributed by atoms with E-state index in [0.29, 0.717) is 24.7 Å². The van der Waals surface area contributed by atoms with Gasteiger partial charge >= 0.3 is 6.09 Å². The van der Waals surface area contributed by atoms with Crippen molar-refractivity contribution < 1.29 is 24.5 Å². The van der Waals surface area contributed by atoms with Crippen LogP contribution in [0.3, 0.4) is 0 Å². The normalized spacial score (nSPS) is 12.2. The Morgan fingerprint density at radius 2 is 1.27 bits per heavy atom. The third kappa shape index (κ3) is 8.39. The Morgan fingerprint density at radius 3 is 1.73 bits per heavy atom. The van der Waals surface area contributed by atoms with Gasteiger partial charge < -0.3 is 29.9 Å². The second kappa shape index (κ2) is 15.6. The molecule has 1 heterocycles. The number of nitrogens with zero attached hydrogens (tertiary/aromatic N) is 2. The van der Waals surface area contributed by atoms with Crippen molar-refractivity contribution in [1.29, 1.82) is 0 Å². The summed E-state index contributed by atoms with van der Waals surface area (Å²) < 4.78 is 12.7. The Morgan fingerprint density at radius 1 is 0.750 bits per heavy atom. The van der Waals surface area contributed by atoms with Crippen molar-refractivity contribution >= 4 is 11.9 Å². The van der Waals surface area contributed by atoms with Crippen LogP contribution < -0.4 is 10.1 Å². The zero-order chi connectivity index (χ0) is 34.0. The molecular formula is C40H43N3O5. The Labute approximate surface area is 282 Å². The minimum Gasteiger partial charge on any atom is -0.491 e. The molecule has 1 atom stereocenters. The van der Waals surface area contributed by atoms with Gasteiger partial charge in [0.15, 0.2) is 0 Å². The highest BCUT2D eigenvalue weighted by molar-refractivity contribution is 5.66. The molecule has 0 unspecified atom stereocenters. The van der Waals surface area contributed by atoms with Gasteiger partial charge in [0, 0.05) is 30.4 Å². The number of nitrogens with one attached hydrogen (secondary N) is 1. The van der Waals surface area contributed by atoms with E-state index in [9.17, 15) is 15.0 Å². The van der Waals surface area contributed by atoms with E-state index < -0.39 is 23.3 Å². The smallest absolute Gasteiger partial charge is 0.407 e. The van der Waals surface area contributed by atoms with Crippen molar-refractivity contribution in [1.82, 2.24) is 9.88 Å². The van der Waals surface area contributed by atoms with Gasteiger partial charge in [-0.2, -0.15) is 0 Å². The van der Waals surface area contributed by atoms with Crippen LogP contribution in [0.4, 0.5) is 10.6 Å². The number of hydrogen-bond acceptors (Lipinski definition) is 6. The summed E-state index contributed by atoms with van der Waals surface area (Å²) in [6.45, 7) is 6.52. The van der Waals surface area contributed by atoms with E-state index in [2.05, 4.69) is 10.3 Å². The van der Waals surface area contributed by atoms with Crippen LogP contribution in [0.2, 0.25) is 0 Å². The molecule has 0 aliphatic carbocycles. The average molecular weight is 646 g/mol. The summed E-state index contributed by atoms with van der Waals surface area (Å²) in [5.41, 5.74) is 3.40. The topological polar surface area (TPSA) is 104 Å². The lowest BCUT2D eigenvalue weighted by Gasteiger charge is -2.36. The van der Waals surface area contributed by atoms with Crippen LogP contribution in [0.5, 0.6) is 5.75 Å². The minimum absolute atomic E-state index is 0.0490. The number of carboxylic acid groups (broad SMARTS) is 1. The number of hydrogen-bond donors (Lipinski definition) is 3. The first-order chi connectivity index (χ1) is 23.2. The van der Waals surface area contributed by atoms with Gasteiger partial charge in [-0.3, -0.25) is 0 Å². The standard InChI is InChI=1S/C40H43N3O5/c1-39(2,3)43(38(45)46)26-25-41-37-24-21-31(27-42-37)30-19-22-36(23-20-30)47-28-35(44)29-48-40(32-13-7-4-8-14-32,33-15-9-5-10-16-33)34-17-11-6-12-18-34/h4-24,27,35,44H,25-26,28-29H2,1-3H3,(H,41,42)(H,45,46)/t35-/m1/s1. The summed E-state index contributed by atoms with van der Waals surface area (Å²) in [5.74, 6) is 1.30. The predicted molar refractivity (Wildman–Crippen MR) is 189 cm³/mol. The molecule has 48 heavy (non-hydrogen) atoms. The number of amides is 1. The molecule has 5 aromatic rings. The summed E-state index contributed by atoms with van der Waals surface area (Å²) in [6, 6.07) is 41.7. The number of anilines is 1. The number of ether oxygens (including phenoxy) is 2. The second-order valence-electron chi connectivity index (χ2n) is 12.5. The summed E-state index contributed by atoms with van der Waals surface area (Å²) in [6.07, 6.45) is -0.0503. The zero-order valence-corrected chi connectivity index (χ0v) is 27.6. The lowest BCUT2D eigenvalue weighted by atomic mass is 9.80. The number of aliphatic hydroxyl groups excluding tert-OH is 1. The van der Waals surface area contributed by atoms with Crippen LogP contribution in [0.25, 0.3) is 11.1 Å². The van der Waals surface area contributed by atoms with E-state index in [1.54, 1.807) is 6.20 Å². The molecule has 0 spiro atoms. The van der Waals surface area contributed by atoms with Crippen molar-refractivity contribution in [3.63, 3.8) is 0 Å². The van der Waals surface area contributed by atoms with Gasteiger partial charge in [-0.1, -0.05) is 103 Å². The van der Waals surface area contributed by atoms with Crippen molar-refractivity contribution in [2.75, 3.05) is 31.6 Å². The Kier molecular flexibility index (Phi) is 11.1. The molecular weight excluding hydrogens is 602 g/mol. The molecule has 1 amide bonds. The maximum atomic E-state index is 11.6. The zero-order valence-electron chi connectivity index (χ0n) is 27.6. The van der Waals surface area contributed by atoms with Gasteiger partial charge in [-0.15, -0.1) is 0 Å². The van der Waals surface area contributed by atoms with Crippen LogP contribution in [0, 0.1) is 0 Å². The van der Waals surface area contributed by atoms with E-state index >= 15 is 0 Å². The van der Waals surface area contributed by atoms with E-state index in [4.69, 9.17) is 9.47 Å². The van der Waals surface area contributed by atoms with Gasteiger partial charge in [0.1, 0.15) is 29.9 Å². The molecule has 248 valence electrons. The molecule has 1 aromatic heterocycles. The van der Waals surface area contributed by atoms with Crippen LogP contribution in [0.1, 0.15) is 37.5 Å². The lowest BCUT2D eigenvalue weighted by Crippen LogP contribution is -2.47. The molecule has 0 radical (unpaired) electrons. The van der Waals surface area contributed by atoms with E-state index in [-0.39, 0.29) is 13.2 Å². The first-order valence-electron chi connectivity index (χ1n) is 16.1. The number of pyridine rings is 1. The number of aliphatic hydroxyl groups is 1. The van der Waals surface area contributed by atoms with Crippen LogP contribution >= 0.6 is 0 Å². The largest absolute Gasteiger partial charge is 0.491 e. The summed E-state index contributed by atoms with van der Waals surface area (Å²) in [4.78, 5) is 17.4. The van der Waals surface area contributed by atoms with E-state index in [1.165, 1.54) is 4.90 Å². The fraction of sp³-hybridized carbons (Fsp3) is 0.250. The Hall–Kier alpha value is -5.18. The van der Waals surface area contributed by atoms with Crippen LogP contribution in [0.15, 0.2) is 134 Å². The minimum atomic E-state index is -0.945. The molecule has 5 rings (SSSR count). The maximum Gasteiger partial charge on any atom is 0.407 e. The highest BCUT2D eigenvalue weighted by Crippen LogP contribution is 2.40. The predicted octanol–water partition coefficient (Wildman–Crippen LogP) is 7.69. The first kappa shape index (κ1) is 34.2. The maximum absolute atomic E-state index is 11.6. The molecule has 3 N–H and O–H groups in total. The van der Waals surface area contributed by atoms with Gasteiger partial charge in [-0.05, 0) is 67.3 Å². The van der Waals surface area contributed by atoms with Gasteiger partial charge in [0.05, 0.1) is 6.61 Å². The van der Waals surface area contributed by atoms with Crippen LogP contribution in [-0.2, 0) is 10.3 Å². The Balaban J connectivity index is 1.19. The van der Waals surface area contributed by atoms with Gasteiger partial charge in [-0.25, -0.2) is 9.78 Å². The summed E-state index contributed by atoms with van der Waals surface area (Å²) in [5, 5.41) is 23.7. The first-order valence-corrected chi connectivity index (χ1v) is 16.1. The van der Waals surface area contributed by atoms with Crippen molar-refractivity contribution in [3.8, 4) is 16.9 Å². The molecule has 4 aromatic carbocycles. The molecule has 0 fully saturated rings. The summed E-state index contributed by atoms with van der Waals surface area (Å²) >= 11 is 0. The molecule has 0 aliphatic heterocycles. The summed E-state index contributed by atoms with van der Waals surface area (Å²) in [7, 11) is 0. The van der Waals surface area contributed by atoms with Crippen molar-refractivity contribution in [2.45, 2.75) is 38.0 Å². The number of aromatic nitrogens is 1. The van der Waals surface area contributed by atoms with Gasteiger partial charge in [0.2, 0.25) is 0 Å². The molecule has 8 heteroatoms. The number of rotatable bonds is 14.